The summed E-state index contributed by atoms with van der Waals surface area (Å²) in [5.74, 6) is 0.179. The lowest BCUT2D eigenvalue weighted by Crippen LogP contribution is -2.20. The highest BCUT2D eigenvalue weighted by atomic mass is 32.1. The van der Waals surface area contributed by atoms with Crippen molar-refractivity contribution in [1.29, 1.82) is 0 Å². The van der Waals surface area contributed by atoms with E-state index in [-0.39, 0.29) is 5.91 Å². The number of nitrogens with one attached hydrogen (secondary N) is 1. The molecule has 0 aliphatic heterocycles. The van der Waals surface area contributed by atoms with E-state index < -0.39 is 0 Å². The third kappa shape index (κ3) is 3.16. The molecule has 2 aromatic heterocycles. The first kappa shape index (κ1) is 13.2. The largest absolute Gasteiger partial charge is 0.285 e. The second-order valence-corrected chi connectivity index (χ2v) is 4.37. The predicted octanol–water partition coefficient (Wildman–Crippen LogP) is 1.18. The van der Waals surface area contributed by atoms with Crippen LogP contribution in [0.1, 0.15) is 34.5 Å². The SMILES string of the molecule is CC/C(=N\NC(=O)c1snnc1C)c1ncccn1. The third-order valence-corrected chi connectivity index (χ3v) is 3.14. The average molecular weight is 276 g/mol. The second kappa shape index (κ2) is 6.10. The summed E-state index contributed by atoms with van der Waals surface area (Å²) in [5.41, 5.74) is 3.68. The summed E-state index contributed by atoms with van der Waals surface area (Å²) < 4.78 is 3.71. The minimum absolute atomic E-state index is 0.325. The molecule has 8 heteroatoms. The Morgan fingerprint density at radius 1 is 1.42 bits per heavy atom. The van der Waals surface area contributed by atoms with Crippen LogP contribution >= 0.6 is 11.5 Å². The van der Waals surface area contributed by atoms with Crippen LogP contribution in [0.25, 0.3) is 0 Å². The molecule has 0 unspecified atom stereocenters. The third-order valence-electron chi connectivity index (χ3n) is 2.31. The minimum atomic E-state index is -0.325. The summed E-state index contributed by atoms with van der Waals surface area (Å²) in [6.45, 7) is 3.64. The highest BCUT2D eigenvalue weighted by molar-refractivity contribution is 7.07. The smallest absolute Gasteiger partial charge is 0.266 e. The first-order chi connectivity index (χ1) is 9.22. The normalized spacial score (nSPS) is 11.4. The molecule has 0 spiro atoms. The van der Waals surface area contributed by atoms with Gasteiger partial charge in [0.1, 0.15) is 10.6 Å². The van der Waals surface area contributed by atoms with Crippen LogP contribution in [0, 0.1) is 6.92 Å². The number of amides is 1. The van der Waals surface area contributed by atoms with Gasteiger partial charge >= 0.3 is 0 Å². The molecule has 0 aliphatic carbocycles. The molecule has 0 saturated carbocycles. The molecule has 0 fully saturated rings. The van der Waals surface area contributed by atoms with Crippen LogP contribution in [0.3, 0.4) is 0 Å². The van der Waals surface area contributed by atoms with E-state index in [1.54, 1.807) is 25.4 Å². The van der Waals surface area contributed by atoms with Gasteiger partial charge in [0, 0.05) is 12.4 Å². The summed E-state index contributed by atoms with van der Waals surface area (Å²) in [6, 6.07) is 1.72. The van der Waals surface area contributed by atoms with Crippen LogP contribution in [-0.2, 0) is 0 Å². The number of aryl methyl sites for hydroxylation is 1. The number of rotatable bonds is 4. The van der Waals surface area contributed by atoms with E-state index in [9.17, 15) is 4.79 Å². The summed E-state index contributed by atoms with van der Waals surface area (Å²) in [5, 5.41) is 7.83. The Kier molecular flexibility index (Phi) is 4.24. The number of hydrogen-bond acceptors (Lipinski definition) is 7. The van der Waals surface area contributed by atoms with E-state index in [4.69, 9.17) is 0 Å². The van der Waals surface area contributed by atoms with Gasteiger partial charge in [-0.1, -0.05) is 11.4 Å². The van der Waals surface area contributed by atoms with Crippen molar-refractivity contribution in [2.45, 2.75) is 20.3 Å². The highest BCUT2D eigenvalue weighted by Gasteiger charge is 2.13. The van der Waals surface area contributed by atoms with Crippen molar-refractivity contribution < 1.29 is 4.79 Å². The van der Waals surface area contributed by atoms with Crippen LogP contribution < -0.4 is 5.43 Å². The highest BCUT2D eigenvalue weighted by Crippen LogP contribution is 2.08. The quantitative estimate of drug-likeness (QED) is 0.668. The fourth-order valence-corrected chi connectivity index (χ4v) is 1.89. The van der Waals surface area contributed by atoms with Gasteiger partial charge in [0.05, 0.1) is 5.69 Å². The number of carbonyl (C=O) groups is 1. The summed E-state index contributed by atoms with van der Waals surface area (Å²) >= 11 is 1.04. The Morgan fingerprint density at radius 3 is 2.74 bits per heavy atom. The second-order valence-electron chi connectivity index (χ2n) is 3.61. The van der Waals surface area contributed by atoms with Gasteiger partial charge in [0.2, 0.25) is 0 Å². The van der Waals surface area contributed by atoms with Crippen LogP contribution in [0.5, 0.6) is 0 Å². The molecule has 0 saturated heterocycles. The number of hydrazone groups is 1. The maximum absolute atomic E-state index is 11.8. The van der Waals surface area contributed by atoms with Gasteiger partial charge in [-0.25, -0.2) is 15.4 Å². The van der Waals surface area contributed by atoms with E-state index in [0.717, 1.165) is 11.5 Å². The van der Waals surface area contributed by atoms with E-state index in [1.165, 1.54) is 0 Å². The van der Waals surface area contributed by atoms with Crippen molar-refractivity contribution >= 4 is 23.2 Å². The molecule has 98 valence electrons. The molecular formula is C11H12N6OS. The fraction of sp³-hybridized carbons (Fsp3) is 0.273. The molecular weight excluding hydrogens is 264 g/mol. The molecule has 2 rings (SSSR count). The van der Waals surface area contributed by atoms with Crippen molar-refractivity contribution in [3.8, 4) is 0 Å². The zero-order valence-corrected chi connectivity index (χ0v) is 11.3. The zero-order chi connectivity index (χ0) is 13.7. The molecule has 7 nitrogen and oxygen atoms in total. The summed E-state index contributed by atoms with van der Waals surface area (Å²) in [6.07, 6.45) is 3.88. The van der Waals surface area contributed by atoms with Crippen LogP contribution in [0.2, 0.25) is 0 Å². The monoisotopic (exact) mass is 276 g/mol. The van der Waals surface area contributed by atoms with Gasteiger partial charge < -0.3 is 0 Å². The molecule has 1 N–H and O–H groups in total. The Balaban J connectivity index is 2.13. The Labute approximate surface area is 114 Å². The fourth-order valence-electron chi connectivity index (χ4n) is 1.34. The van der Waals surface area contributed by atoms with Gasteiger partial charge in [-0.15, -0.1) is 5.10 Å². The van der Waals surface area contributed by atoms with Crippen molar-refractivity contribution in [3.05, 3.63) is 34.9 Å². The van der Waals surface area contributed by atoms with E-state index in [2.05, 4.69) is 30.1 Å². The molecule has 2 heterocycles. The Hall–Kier alpha value is -2.22. The minimum Gasteiger partial charge on any atom is -0.266 e. The molecule has 0 bridgehead atoms. The maximum atomic E-state index is 11.8. The average Bonchev–Trinajstić information content (AvgIpc) is 2.87. The molecule has 19 heavy (non-hydrogen) atoms. The van der Waals surface area contributed by atoms with Crippen molar-refractivity contribution in [2.24, 2.45) is 5.10 Å². The van der Waals surface area contributed by atoms with E-state index in [0.29, 0.717) is 28.5 Å². The number of carbonyl (C=O) groups excluding carboxylic acids is 1. The standard InChI is InChI=1S/C11H12N6OS/c1-3-8(10-12-5-4-6-13-10)15-16-11(18)9-7(2)14-17-19-9/h4-6H,3H2,1-2H3,(H,16,18)/b15-8+. The number of aromatic nitrogens is 4. The topological polar surface area (TPSA) is 93.0 Å². The number of nitrogens with zero attached hydrogens (tertiary/aromatic N) is 5. The molecule has 0 radical (unpaired) electrons. The van der Waals surface area contributed by atoms with Crippen molar-refractivity contribution in [1.82, 2.24) is 25.0 Å². The van der Waals surface area contributed by atoms with Gasteiger partial charge in [-0.2, -0.15) is 5.10 Å². The predicted molar refractivity (Wildman–Crippen MR) is 71.0 cm³/mol. The lowest BCUT2D eigenvalue weighted by Gasteiger charge is -2.02. The molecule has 0 atom stereocenters. The lowest BCUT2D eigenvalue weighted by molar-refractivity contribution is 0.0958. The van der Waals surface area contributed by atoms with Gasteiger partial charge in [0.15, 0.2) is 5.82 Å². The van der Waals surface area contributed by atoms with E-state index >= 15 is 0 Å². The molecule has 2 aromatic rings. The van der Waals surface area contributed by atoms with Crippen LogP contribution in [0.4, 0.5) is 0 Å². The first-order valence-corrected chi connectivity index (χ1v) is 6.43. The Bertz CT molecular complexity index is 594. The van der Waals surface area contributed by atoms with Gasteiger partial charge in [-0.3, -0.25) is 4.79 Å². The van der Waals surface area contributed by atoms with Crippen molar-refractivity contribution in [3.63, 3.8) is 0 Å². The maximum Gasteiger partial charge on any atom is 0.285 e. The number of hydrogen-bond donors (Lipinski definition) is 1. The summed E-state index contributed by atoms with van der Waals surface area (Å²) in [4.78, 5) is 20.5. The Morgan fingerprint density at radius 2 is 2.16 bits per heavy atom. The zero-order valence-electron chi connectivity index (χ0n) is 10.5. The first-order valence-electron chi connectivity index (χ1n) is 5.65. The molecule has 0 aliphatic rings. The van der Waals surface area contributed by atoms with E-state index in [1.807, 2.05) is 6.92 Å². The van der Waals surface area contributed by atoms with Gasteiger partial charge in [0.25, 0.3) is 5.91 Å². The molecule has 0 aromatic carbocycles. The van der Waals surface area contributed by atoms with Gasteiger partial charge in [-0.05, 0) is 30.9 Å². The summed E-state index contributed by atoms with van der Waals surface area (Å²) in [7, 11) is 0. The van der Waals surface area contributed by atoms with Crippen molar-refractivity contribution in [2.75, 3.05) is 0 Å². The van der Waals surface area contributed by atoms with Crippen LogP contribution in [-0.4, -0.2) is 31.2 Å². The lowest BCUT2D eigenvalue weighted by atomic mass is 10.3. The molecule has 1 amide bonds. The van der Waals surface area contributed by atoms with Crippen LogP contribution in [0.15, 0.2) is 23.6 Å².